The van der Waals surface area contributed by atoms with Crippen molar-refractivity contribution in [2.24, 2.45) is 11.5 Å². The van der Waals surface area contributed by atoms with Crippen LogP contribution in [0.2, 0.25) is 0 Å². The Morgan fingerprint density at radius 2 is 0.661 bits per heavy atom. The fraction of sp³-hybridized carbons (Fsp3) is 0.571. The van der Waals surface area contributed by atoms with Crippen LogP contribution in [0.25, 0.3) is 0 Å². The van der Waals surface area contributed by atoms with Crippen LogP contribution in [0.4, 0.5) is 24.0 Å². The number of nitrogens with zero attached hydrogens (tertiary/aromatic N) is 5. The first-order valence-corrected chi connectivity index (χ1v) is 36.6. The van der Waals surface area contributed by atoms with Gasteiger partial charge in [0.15, 0.2) is 11.6 Å². The molecule has 7 N–H and O–H groups in total. The molecule has 4 saturated heterocycles. The Hall–Kier alpha value is -11.6. The average Bonchev–Trinajstić information content (AvgIpc) is 1.61. The quantitative estimate of drug-likeness (QED) is 0.108. The summed E-state index contributed by atoms with van der Waals surface area (Å²) >= 11 is 0. The van der Waals surface area contributed by atoms with Crippen LogP contribution in [0, 0.1) is 0 Å². The van der Waals surface area contributed by atoms with Crippen LogP contribution in [0.1, 0.15) is 235 Å². The van der Waals surface area contributed by atoms with Gasteiger partial charge in [-0.1, -0.05) is 24.3 Å². The van der Waals surface area contributed by atoms with Crippen molar-refractivity contribution in [2.75, 3.05) is 28.2 Å². The smallest absolute Gasteiger partial charge is 0.444 e. The zero-order chi connectivity index (χ0) is 87.9. The van der Waals surface area contributed by atoms with E-state index in [0.29, 0.717) is 73.6 Å². The number of carbonyl (C=O) groups excluding carboxylic acids is 21. The third kappa shape index (κ3) is 32.8. The van der Waals surface area contributed by atoms with E-state index in [1.165, 1.54) is 28.2 Å². The van der Waals surface area contributed by atoms with Gasteiger partial charge >= 0.3 is 42.5 Å². The average molecular weight is 1620 g/mol. The van der Waals surface area contributed by atoms with Gasteiger partial charge in [-0.15, -0.1) is 0 Å². The molecule has 2 saturated carbocycles. The van der Waals surface area contributed by atoms with Crippen molar-refractivity contribution in [1.82, 2.24) is 40.4 Å². The monoisotopic (exact) mass is 1620 g/mol. The first kappa shape index (κ1) is 97.6. The highest BCUT2D eigenvalue weighted by molar-refractivity contribution is 6.23. The van der Waals surface area contributed by atoms with E-state index in [9.17, 15) is 101 Å². The van der Waals surface area contributed by atoms with Gasteiger partial charge in [-0.25, -0.2) is 33.6 Å². The number of amides is 13. The van der Waals surface area contributed by atoms with Crippen LogP contribution in [0.5, 0.6) is 0 Å². The van der Waals surface area contributed by atoms with Crippen LogP contribution < -0.4 is 27.4 Å². The topological polar surface area (TPSA) is 527 Å². The predicted octanol–water partition coefficient (Wildman–Crippen LogP) is 5.55. The molecule has 38 heteroatoms. The Labute approximate surface area is 665 Å². The zero-order valence-electron chi connectivity index (χ0n) is 68.3. The molecule has 6 aliphatic heterocycles. The molecule has 10 rings (SSSR count). The summed E-state index contributed by atoms with van der Waals surface area (Å²) in [6, 6.07) is 9.36. The van der Waals surface area contributed by atoms with Gasteiger partial charge in [0.25, 0.3) is 29.5 Å². The largest absolute Gasteiger partial charge is 0.519 e. The Balaban J connectivity index is 0.000000344. The number of carbonyl (C=O) groups is 21. The summed E-state index contributed by atoms with van der Waals surface area (Å²) in [6.07, 6.45) is 0.0634. The number of ether oxygens (including phenoxy) is 7. The molecule has 6 fully saturated rings. The summed E-state index contributed by atoms with van der Waals surface area (Å²) in [5.41, 5.74) is 8.87. The third-order valence-electron chi connectivity index (χ3n) is 16.3. The second-order valence-electron chi connectivity index (χ2n) is 31.9. The Morgan fingerprint density at radius 3 is 1.00 bits per heavy atom. The number of benzene rings is 2. The number of esters is 2. The van der Waals surface area contributed by atoms with Crippen LogP contribution in [0.3, 0.4) is 0 Å². The third-order valence-corrected chi connectivity index (χ3v) is 16.3. The summed E-state index contributed by atoms with van der Waals surface area (Å²) < 4.78 is 33.3. The SMILES string of the molecule is CC(C)(C)OC(=O)NC1CCC(=O)CC1=O.CC(C)(C)OC(=O)OC(=O)OC(C)(C)C.CN1C(=O)CCC(N)C1=O.CN1C(=O)CCC(N2C(=O)c3ccccc3C2=O)C1=O.CN1C(=O)CCC(NC(=O)OC(C)(C)C)C1=O.CN1C(=O)CCC(NC(=O)OC(C)(C)C)C1=O.NC1CCC(=O)CC1=O.O=C1OC(=O)c2ccccc21. The molecular formula is C77H106N10O28. The fourth-order valence-electron chi connectivity index (χ4n) is 10.6. The molecule has 0 aromatic heterocycles. The van der Waals surface area contributed by atoms with E-state index < -0.39 is 130 Å². The van der Waals surface area contributed by atoms with E-state index >= 15 is 0 Å². The van der Waals surface area contributed by atoms with E-state index in [4.69, 9.17) is 35.2 Å². The summed E-state index contributed by atoms with van der Waals surface area (Å²) in [5.74, 6) is -4.84. The van der Waals surface area contributed by atoms with Crippen molar-refractivity contribution in [1.29, 1.82) is 0 Å². The van der Waals surface area contributed by atoms with Gasteiger partial charge in [0.1, 0.15) is 57.7 Å². The van der Waals surface area contributed by atoms with E-state index in [0.717, 1.165) is 24.5 Å². The molecule has 6 unspecified atom stereocenters. The first-order valence-electron chi connectivity index (χ1n) is 36.6. The standard InChI is InChI=1S/C14H12N2O4.2C11H18N2O4.C11H17NO4.C10H18O5.C8H4O3.C6H10N2O2.C6H9NO2/c1-15-11(17)7-6-10(14(15)20)16-12(18)8-4-2-3-5-9(8)13(16)19;2*1-11(2,3)17-10(16)12-7-5-6-8(14)13(4)9(7)15;1-11(2,3)16-10(15)12-8-5-4-7(13)6-9(8)14;1-9(2,3)14-7(11)13-8(12)15-10(4,5)6;9-7-5-3-1-2-4-6(5)8(10)11-7;1-8-5(9)3-2-4(7)6(8)10;7-5-2-1-4(8)3-6(5)9/h2-5,10H,6-7H2,1H3;2*7H,5-6H2,1-4H3,(H,12,16);8H,4-6H2,1-3H3,(H,12,15);1-6H3;1-4H;4H,2-3,7H2,1H3;5H,1-3,7H2. The van der Waals surface area contributed by atoms with Crippen molar-refractivity contribution < 1.29 is 134 Å². The van der Waals surface area contributed by atoms with E-state index in [2.05, 4.69) is 25.4 Å². The minimum absolute atomic E-state index is 0.0294. The van der Waals surface area contributed by atoms with Crippen molar-refractivity contribution in [3.8, 4) is 0 Å². The maximum atomic E-state index is 12.3. The number of alkyl carbamates (subject to hydrolysis) is 3. The number of nitrogens with two attached hydrogens (primary N) is 2. The molecule has 38 nitrogen and oxygen atoms in total. The van der Waals surface area contributed by atoms with Crippen molar-refractivity contribution >= 4 is 125 Å². The number of nitrogens with one attached hydrogen (secondary N) is 3. The maximum Gasteiger partial charge on any atom is 0.519 e. The van der Waals surface area contributed by atoms with Gasteiger partial charge in [0, 0.05) is 66.7 Å². The van der Waals surface area contributed by atoms with E-state index in [1.807, 2.05) is 0 Å². The first-order chi connectivity index (χ1) is 52.8. The Kier molecular flexibility index (Phi) is 35.6. The number of fused-ring (bicyclic) bond motifs is 2. The van der Waals surface area contributed by atoms with Gasteiger partial charge in [-0.2, -0.15) is 0 Å². The molecule has 0 radical (unpaired) electrons. The number of rotatable bonds is 4. The molecule has 13 amide bonds. The van der Waals surface area contributed by atoms with Gasteiger partial charge in [0.2, 0.25) is 29.5 Å². The maximum absolute atomic E-state index is 12.3. The normalized spacial score (nSPS) is 20.9. The van der Waals surface area contributed by atoms with E-state index in [1.54, 1.807) is 152 Å². The van der Waals surface area contributed by atoms with Crippen LogP contribution in [0.15, 0.2) is 48.5 Å². The van der Waals surface area contributed by atoms with Crippen LogP contribution in [-0.2, 0) is 90.7 Å². The van der Waals surface area contributed by atoms with E-state index in [-0.39, 0.29) is 97.2 Å². The number of likely N-dealkylation sites (N-methyl/N-ethyl adjacent to an activating group) is 4. The zero-order valence-corrected chi connectivity index (χ0v) is 68.3. The van der Waals surface area contributed by atoms with Gasteiger partial charge in [-0.3, -0.25) is 91.6 Å². The summed E-state index contributed by atoms with van der Waals surface area (Å²) in [6.45, 7) is 25.7. The molecule has 2 aromatic carbocycles. The molecule has 0 spiro atoms. The molecule has 6 atom stereocenters. The molecule has 115 heavy (non-hydrogen) atoms. The lowest BCUT2D eigenvalue weighted by Gasteiger charge is -2.32. The van der Waals surface area contributed by atoms with Gasteiger partial charge < -0.3 is 60.6 Å². The lowest BCUT2D eigenvalue weighted by molar-refractivity contribution is -0.150. The summed E-state index contributed by atoms with van der Waals surface area (Å²) in [5, 5.41) is 7.43. The Morgan fingerprint density at radius 1 is 0.365 bits per heavy atom. The predicted molar refractivity (Wildman–Crippen MR) is 402 cm³/mol. The second-order valence-corrected chi connectivity index (χ2v) is 31.9. The molecular weight excluding hydrogens is 1510 g/mol. The minimum Gasteiger partial charge on any atom is -0.444 e. The number of hydrogen-bond acceptors (Lipinski definition) is 30. The lowest BCUT2D eigenvalue weighted by atomic mass is 9.93. The Bertz CT molecular complexity index is 3920. The minimum atomic E-state index is -1.06. The number of piperidine rings is 4. The van der Waals surface area contributed by atoms with Crippen LogP contribution in [-0.4, -0.2) is 242 Å². The number of hydrogen-bond donors (Lipinski definition) is 5. The van der Waals surface area contributed by atoms with Gasteiger partial charge in [0.05, 0.1) is 53.2 Å². The number of ketones is 4. The summed E-state index contributed by atoms with van der Waals surface area (Å²) in [7, 11) is 5.65. The second kappa shape index (κ2) is 42.0. The number of imide groups is 5. The highest BCUT2D eigenvalue weighted by Gasteiger charge is 2.46. The summed E-state index contributed by atoms with van der Waals surface area (Å²) in [4.78, 5) is 242. The molecule has 8 aliphatic rings. The highest BCUT2D eigenvalue weighted by Crippen LogP contribution is 2.29. The van der Waals surface area contributed by atoms with Crippen LogP contribution >= 0.6 is 0 Å². The molecule has 0 bridgehead atoms. The lowest BCUT2D eigenvalue weighted by Crippen LogP contribution is -2.54. The molecule has 2 aromatic rings. The van der Waals surface area contributed by atoms with Crippen molar-refractivity contribution in [2.45, 2.75) is 258 Å². The molecule has 6 heterocycles. The van der Waals surface area contributed by atoms with Gasteiger partial charge in [-0.05, 0) is 167 Å². The van der Waals surface area contributed by atoms with Crippen molar-refractivity contribution in [3.63, 3.8) is 0 Å². The fourth-order valence-corrected chi connectivity index (χ4v) is 10.6. The number of likely N-dealkylation sites (tertiary alicyclic amines) is 4. The molecule has 2 aliphatic carbocycles. The highest BCUT2D eigenvalue weighted by atomic mass is 16.8. The van der Waals surface area contributed by atoms with Crippen molar-refractivity contribution in [3.05, 3.63) is 70.8 Å². The number of cyclic esters (lactones) is 2. The molecule has 632 valence electrons. The number of Topliss-reactive ketones (excluding diaryl/α,β-unsaturated/α-hetero) is 4.